The first-order valence-corrected chi connectivity index (χ1v) is 10.2. The van der Waals surface area contributed by atoms with Crippen LogP contribution >= 0.6 is 39.5 Å². The number of likely N-dealkylation sites (N-methyl/N-ethyl adjacent to an activating group) is 1. The third-order valence-electron chi connectivity index (χ3n) is 3.96. The van der Waals surface area contributed by atoms with Crippen molar-refractivity contribution in [1.29, 1.82) is 0 Å². The highest BCUT2D eigenvalue weighted by Gasteiger charge is 2.31. The number of nitrogens with one attached hydrogen (secondary N) is 1. The lowest BCUT2D eigenvalue weighted by Gasteiger charge is -2.36. The normalized spacial score (nSPS) is 27.6. The van der Waals surface area contributed by atoms with Crippen molar-refractivity contribution >= 4 is 39.5 Å². The van der Waals surface area contributed by atoms with Gasteiger partial charge in [0.2, 0.25) is 0 Å². The van der Waals surface area contributed by atoms with Crippen molar-refractivity contribution in [1.82, 2.24) is 5.32 Å². The standard InChI is InChI=1S/C16H23BrFNS2/c1-4-19-14(15-9-20-10(2)11(3)21-15)8-12-6-5-7-13(18)16(12)17/h5-7,10-11,14-15,19H,4,8-9H2,1-3H3. The minimum atomic E-state index is -0.171. The summed E-state index contributed by atoms with van der Waals surface area (Å²) in [6.07, 6.45) is 0.867. The SMILES string of the molecule is CCNC(Cc1cccc(F)c1Br)C1CSC(C)C(C)S1. The van der Waals surface area contributed by atoms with Gasteiger partial charge in [-0.05, 0) is 40.5 Å². The largest absolute Gasteiger partial charge is 0.313 e. The van der Waals surface area contributed by atoms with E-state index in [1.54, 1.807) is 6.07 Å². The lowest BCUT2D eigenvalue weighted by molar-refractivity contribution is 0.517. The van der Waals surface area contributed by atoms with Crippen LogP contribution in [0, 0.1) is 5.82 Å². The van der Waals surface area contributed by atoms with Gasteiger partial charge in [-0.15, -0.1) is 0 Å². The van der Waals surface area contributed by atoms with Crippen molar-refractivity contribution < 1.29 is 4.39 Å². The summed E-state index contributed by atoms with van der Waals surface area (Å²) in [4.78, 5) is 0. The zero-order chi connectivity index (χ0) is 15.4. The number of hydrogen-bond acceptors (Lipinski definition) is 3. The molecule has 1 aliphatic heterocycles. The van der Waals surface area contributed by atoms with E-state index in [1.807, 2.05) is 6.07 Å². The summed E-state index contributed by atoms with van der Waals surface area (Å²) < 4.78 is 14.3. The molecule has 0 radical (unpaired) electrons. The van der Waals surface area contributed by atoms with E-state index in [1.165, 1.54) is 11.8 Å². The van der Waals surface area contributed by atoms with Gasteiger partial charge < -0.3 is 5.32 Å². The van der Waals surface area contributed by atoms with Crippen LogP contribution in [0.2, 0.25) is 0 Å². The number of rotatable bonds is 5. The van der Waals surface area contributed by atoms with Crippen molar-refractivity contribution in [2.75, 3.05) is 12.3 Å². The molecule has 0 aliphatic carbocycles. The molecule has 0 spiro atoms. The molecule has 0 bridgehead atoms. The second kappa shape index (κ2) is 8.23. The predicted molar refractivity (Wildman–Crippen MR) is 98.0 cm³/mol. The van der Waals surface area contributed by atoms with Gasteiger partial charge in [-0.3, -0.25) is 0 Å². The molecule has 118 valence electrons. The Hall–Kier alpha value is 0.290. The van der Waals surface area contributed by atoms with Crippen LogP contribution < -0.4 is 5.32 Å². The first-order valence-electron chi connectivity index (χ1n) is 7.46. The highest BCUT2D eigenvalue weighted by atomic mass is 79.9. The molecule has 1 nitrogen and oxygen atoms in total. The maximum Gasteiger partial charge on any atom is 0.137 e. The van der Waals surface area contributed by atoms with Gasteiger partial charge in [-0.1, -0.05) is 32.9 Å². The Morgan fingerprint density at radius 1 is 1.38 bits per heavy atom. The molecular weight excluding hydrogens is 369 g/mol. The number of benzene rings is 1. The Kier molecular flexibility index (Phi) is 6.91. The van der Waals surface area contributed by atoms with Crippen LogP contribution in [0.1, 0.15) is 26.3 Å². The van der Waals surface area contributed by atoms with Gasteiger partial charge in [0.05, 0.1) is 4.47 Å². The molecule has 1 fully saturated rings. The highest BCUT2D eigenvalue weighted by Crippen LogP contribution is 2.38. The van der Waals surface area contributed by atoms with Gasteiger partial charge in [-0.2, -0.15) is 23.5 Å². The zero-order valence-corrected chi connectivity index (χ0v) is 16.0. The van der Waals surface area contributed by atoms with E-state index < -0.39 is 0 Å². The van der Waals surface area contributed by atoms with Crippen LogP contribution in [0.15, 0.2) is 22.7 Å². The van der Waals surface area contributed by atoms with E-state index in [2.05, 4.69) is 65.5 Å². The summed E-state index contributed by atoms with van der Waals surface area (Å²) >= 11 is 7.53. The number of halogens is 2. The maximum absolute atomic E-state index is 13.7. The predicted octanol–water partition coefficient (Wildman–Crippen LogP) is 4.73. The second-order valence-electron chi connectivity index (χ2n) is 5.50. The Bertz CT molecular complexity index is 472. The quantitative estimate of drug-likeness (QED) is 0.778. The monoisotopic (exact) mass is 391 g/mol. The maximum atomic E-state index is 13.7. The second-order valence-corrected chi connectivity index (χ2v) is 9.32. The van der Waals surface area contributed by atoms with Gasteiger partial charge in [-0.25, -0.2) is 4.39 Å². The zero-order valence-electron chi connectivity index (χ0n) is 12.7. The van der Waals surface area contributed by atoms with Crippen molar-refractivity contribution in [2.24, 2.45) is 0 Å². The summed E-state index contributed by atoms with van der Waals surface area (Å²) in [5.74, 6) is 0.997. The van der Waals surface area contributed by atoms with Gasteiger partial charge in [0.25, 0.3) is 0 Å². The van der Waals surface area contributed by atoms with Crippen LogP contribution in [0.4, 0.5) is 4.39 Å². The minimum Gasteiger partial charge on any atom is -0.313 e. The molecule has 2 rings (SSSR count). The molecule has 0 amide bonds. The summed E-state index contributed by atoms with van der Waals surface area (Å²) in [5.41, 5.74) is 1.05. The van der Waals surface area contributed by atoms with Gasteiger partial charge >= 0.3 is 0 Å². The smallest absolute Gasteiger partial charge is 0.137 e. The van der Waals surface area contributed by atoms with E-state index in [-0.39, 0.29) is 5.82 Å². The first-order chi connectivity index (χ1) is 10.0. The van der Waals surface area contributed by atoms with Crippen molar-refractivity contribution in [3.63, 3.8) is 0 Å². The Balaban J connectivity index is 2.10. The molecule has 1 heterocycles. The Morgan fingerprint density at radius 2 is 2.14 bits per heavy atom. The lowest BCUT2D eigenvalue weighted by atomic mass is 10.0. The van der Waals surface area contributed by atoms with Crippen LogP contribution in [-0.4, -0.2) is 34.1 Å². The molecule has 0 saturated carbocycles. The average Bonchev–Trinajstić information content (AvgIpc) is 2.46. The Morgan fingerprint density at radius 3 is 2.81 bits per heavy atom. The number of thioether (sulfide) groups is 2. The fraction of sp³-hybridized carbons (Fsp3) is 0.625. The molecule has 1 N–H and O–H groups in total. The van der Waals surface area contributed by atoms with Crippen molar-refractivity contribution in [2.45, 2.75) is 49.0 Å². The Labute approximate surface area is 144 Å². The fourth-order valence-electron chi connectivity index (χ4n) is 2.56. The van der Waals surface area contributed by atoms with E-state index in [9.17, 15) is 4.39 Å². The van der Waals surface area contributed by atoms with Crippen LogP contribution in [0.3, 0.4) is 0 Å². The molecule has 4 atom stereocenters. The summed E-state index contributed by atoms with van der Waals surface area (Å²) in [5, 5.41) is 5.57. The minimum absolute atomic E-state index is 0.171. The molecular formula is C16H23BrFNS2. The molecule has 1 aromatic carbocycles. The van der Waals surface area contributed by atoms with E-state index in [0.717, 1.165) is 23.8 Å². The molecule has 5 heteroatoms. The summed E-state index contributed by atoms with van der Waals surface area (Å²) in [6.45, 7) is 7.71. The van der Waals surface area contributed by atoms with E-state index in [0.29, 0.717) is 21.0 Å². The van der Waals surface area contributed by atoms with Crippen LogP contribution in [-0.2, 0) is 6.42 Å². The van der Waals surface area contributed by atoms with Crippen molar-refractivity contribution in [3.8, 4) is 0 Å². The topological polar surface area (TPSA) is 12.0 Å². The highest BCUT2D eigenvalue weighted by molar-refractivity contribution is 9.10. The third-order valence-corrected chi connectivity index (χ3v) is 8.40. The van der Waals surface area contributed by atoms with Crippen LogP contribution in [0.25, 0.3) is 0 Å². The molecule has 4 unspecified atom stereocenters. The third kappa shape index (κ3) is 4.63. The summed E-state index contributed by atoms with van der Waals surface area (Å²) in [7, 11) is 0. The molecule has 0 aromatic heterocycles. The lowest BCUT2D eigenvalue weighted by Crippen LogP contribution is -2.44. The van der Waals surface area contributed by atoms with E-state index in [4.69, 9.17) is 0 Å². The van der Waals surface area contributed by atoms with Gasteiger partial charge in [0.1, 0.15) is 5.82 Å². The van der Waals surface area contributed by atoms with Crippen molar-refractivity contribution in [3.05, 3.63) is 34.1 Å². The molecule has 21 heavy (non-hydrogen) atoms. The number of hydrogen-bond donors (Lipinski definition) is 1. The van der Waals surface area contributed by atoms with Gasteiger partial charge in [0, 0.05) is 27.5 Å². The summed E-state index contributed by atoms with van der Waals surface area (Å²) in [6, 6.07) is 5.71. The average molecular weight is 392 g/mol. The van der Waals surface area contributed by atoms with Crippen LogP contribution in [0.5, 0.6) is 0 Å². The van der Waals surface area contributed by atoms with Gasteiger partial charge in [0.15, 0.2) is 0 Å². The molecule has 1 aliphatic rings. The molecule has 1 aromatic rings. The van der Waals surface area contributed by atoms with E-state index >= 15 is 0 Å². The fourth-order valence-corrected chi connectivity index (χ4v) is 6.11. The first kappa shape index (κ1) is 17.6. The molecule has 1 saturated heterocycles.